The Morgan fingerprint density at radius 2 is 2.20 bits per heavy atom. The summed E-state index contributed by atoms with van der Waals surface area (Å²) < 4.78 is 5.22. The second-order valence-electron chi connectivity index (χ2n) is 4.66. The van der Waals surface area contributed by atoms with Gasteiger partial charge in [0.15, 0.2) is 0 Å². The summed E-state index contributed by atoms with van der Waals surface area (Å²) in [6.45, 7) is 2.26. The number of rotatable bonds is 5. The Morgan fingerprint density at radius 1 is 1.45 bits per heavy atom. The minimum Gasteiger partial charge on any atom is -0.497 e. The predicted molar refractivity (Wildman–Crippen MR) is 83.8 cm³/mol. The highest BCUT2D eigenvalue weighted by molar-refractivity contribution is 7.10. The normalized spacial score (nSPS) is 14.1. The summed E-state index contributed by atoms with van der Waals surface area (Å²) in [4.78, 5) is 0.766. The summed E-state index contributed by atoms with van der Waals surface area (Å²) >= 11 is 7.70. The maximum Gasteiger partial charge on any atom is 0.119 e. The molecule has 0 radical (unpaired) electrons. The van der Waals surface area contributed by atoms with E-state index in [1.54, 1.807) is 7.11 Å². The Balaban J connectivity index is 2.33. The zero-order valence-electron chi connectivity index (χ0n) is 11.5. The fraction of sp³-hybridized carbons (Fsp3) is 0.333. The highest BCUT2D eigenvalue weighted by atomic mass is 35.5. The second kappa shape index (κ2) is 6.59. The van der Waals surface area contributed by atoms with Gasteiger partial charge < -0.3 is 15.6 Å². The number of aryl methyl sites for hydroxylation is 1. The quantitative estimate of drug-likeness (QED) is 0.888. The SMILES string of the molecule is COc1cccc(C(CN)C(O)c2scc(C)c2Cl)c1. The third-order valence-corrected chi connectivity index (χ3v) is 5.14. The third-order valence-electron chi connectivity index (χ3n) is 3.35. The molecule has 0 aliphatic heterocycles. The molecule has 2 unspecified atom stereocenters. The molecule has 0 aliphatic rings. The molecule has 1 heterocycles. The van der Waals surface area contributed by atoms with Crippen LogP contribution in [0.2, 0.25) is 5.02 Å². The van der Waals surface area contributed by atoms with Crippen LogP contribution in [0.25, 0.3) is 0 Å². The minimum absolute atomic E-state index is 0.208. The molecule has 2 rings (SSSR count). The molecule has 0 aliphatic carbocycles. The number of hydrogen-bond donors (Lipinski definition) is 2. The van der Waals surface area contributed by atoms with Crippen LogP contribution in [0.3, 0.4) is 0 Å². The van der Waals surface area contributed by atoms with E-state index >= 15 is 0 Å². The van der Waals surface area contributed by atoms with Crippen LogP contribution < -0.4 is 10.5 Å². The van der Waals surface area contributed by atoms with Crippen molar-refractivity contribution in [2.45, 2.75) is 18.9 Å². The molecule has 0 saturated carbocycles. The zero-order valence-corrected chi connectivity index (χ0v) is 13.0. The van der Waals surface area contributed by atoms with E-state index in [0.29, 0.717) is 11.6 Å². The van der Waals surface area contributed by atoms with E-state index in [4.69, 9.17) is 22.1 Å². The lowest BCUT2D eigenvalue weighted by atomic mass is 9.92. The van der Waals surface area contributed by atoms with Crippen LogP contribution in [0.4, 0.5) is 0 Å². The lowest BCUT2D eigenvalue weighted by Gasteiger charge is -2.22. The van der Waals surface area contributed by atoms with Crippen molar-refractivity contribution in [3.05, 3.63) is 50.7 Å². The first-order chi connectivity index (χ1) is 9.58. The van der Waals surface area contributed by atoms with Gasteiger partial charge in [-0.25, -0.2) is 0 Å². The van der Waals surface area contributed by atoms with Gasteiger partial charge in [0.05, 0.1) is 23.1 Å². The molecular weight excluding hydrogens is 294 g/mol. The number of ether oxygens (including phenoxy) is 1. The summed E-state index contributed by atoms with van der Waals surface area (Å²) in [5.41, 5.74) is 7.78. The molecule has 1 aromatic carbocycles. The predicted octanol–water partition coefficient (Wildman–Crippen LogP) is 3.49. The van der Waals surface area contributed by atoms with Gasteiger partial charge in [0.2, 0.25) is 0 Å². The van der Waals surface area contributed by atoms with Crippen LogP contribution in [0.5, 0.6) is 5.75 Å². The largest absolute Gasteiger partial charge is 0.497 e. The van der Waals surface area contributed by atoms with Crippen LogP contribution in [-0.4, -0.2) is 18.8 Å². The van der Waals surface area contributed by atoms with Crippen molar-refractivity contribution in [3.63, 3.8) is 0 Å². The Kier molecular flexibility index (Phi) is 5.05. The van der Waals surface area contributed by atoms with Gasteiger partial charge in [-0.15, -0.1) is 11.3 Å². The molecule has 20 heavy (non-hydrogen) atoms. The van der Waals surface area contributed by atoms with Crippen molar-refractivity contribution >= 4 is 22.9 Å². The number of methoxy groups -OCH3 is 1. The van der Waals surface area contributed by atoms with E-state index in [2.05, 4.69) is 0 Å². The fourth-order valence-electron chi connectivity index (χ4n) is 2.15. The van der Waals surface area contributed by atoms with Crippen LogP contribution in [-0.2, 0) is 0 Å². The van der Waals surface area contributed by atoms with E-state index in [1.807, 2.05) is 36.6 Å². The molecule has 0 spiro atoms. The van der Waals surface area contributed by atoms with Gasteiger partial charge in [0.1, 0.15) is 5.75 Å². The van der Waals surface area contributed by atoms with E-state index in [-0.39, 0.29) is 5.92 Å². The molecule has 0 saturated heterocycles. The second-order valence-corrected chi connectivity index (χ2v) is 5.95. The molecule has 0 fully saturated rings. The van der Waals surface area contributed by atoms with Gasteiger partial charge in [0.25, 0.3) is 0 Å². The van der Waals surface area contributed by atoms with Crippen LogP contribution in [0.1, 0.15) is 28.0 Å². The van der Waals surface area contributed by atoms with Gasteiger partial charge in [-0.2, -0.15) is 0 Å². The summed E-state index contributed by atoms with van der Waals surface area (Å²) in [6.07, 6.45) is -0.710. The molecule has 0 amide bonds. The van der Waals surface area contributed by atoms with Crippen molar-refractivity contribution in [1.82, 2.24) is 0 Å². The monoisotopic (exact) mass is 311 g/mol. The molecule has 0 bridgehead atoms. The van der Waals surface area contributed by atoms with Crippen molar-refractivity contribution in [2.24, 2.45) is 5.73 Å². The smallest absolute Gasteiger partial charge is 0.119 e. The van der Waals surface area contributed by atoms with Gasteiger partial charge >= 0.3 is 0 Å². The van der Waals surface area contributed by atoms with Crippen LogP contribution in [0, 0.1) is 6.92 Å². The van der Waals surface area contributed by atoms with E-state index < -0.39 is 6.10 Å². The van der Waals surface area contributed by atoms with Crippen molar-refractivity contribution < 1.29 is 9.84 Å². The Hall–Kier alpha value is -1.07. The van der Waals surface area contributed by atoms with Crippen molar-refractivity contribution in [2.75, 3.05) is 13.7 Å². The number of halogens is 1. The lowest BCUT2D eigenvalue weighted by Crippen LogP contribution is -2.19. The van der Waals surface area contributed by atoms with E-state index in [1.165, 1.54) is 11.3 Å². The minimum atomic E-state index is -0.710. The Morgan fingerprint density at radius 3 is 2.75 bits per heavy atom. The van der Waals surface area contributed by atoms with Gasteiger partial charge in [0, 0.05) is 12.5 Å². The first-order valence-corrected chi connectivity index (χ1v) is 7.59. The summed E-state index contributed by atoms with van der Waals surface area (Å²) in [7, 11) is 1.62. The lowest BCUT2D eigenvalue weighted by molar-refractivity contribution is 0.151. The van der Waals surface area contributed by atoms with Gasteiger partial charge in [-0.05, 0) is 35.6 Å². The average molecular weight is 312 g/mol. The topological polar surface area (TPSA) is 55.5 Å². The Labute approximate surface area is 128 Å². The number of aliphatic hydroxyl groups excluding tert-OH is 1. The highest BCUT2D eigenvalue weighted by Gasteiger charge is 2.25. The van der Waals surface area contributed by atoms with Crippen LogP contribution in [0.15, 0.2) is 29.6 Å². The maximum absolute atomic E-state index is 10.6. The zero-order chi connectivity index (χ0) is 14.7. The standard InChI is InChI=1S/C15H18ClNO2S/c1-9-8-20-15(13(9)16)14(18)12(7-17)10-4-3-5-11(6-10)19-2/h3-6,8,12,14,18H,7,17H2,1-2H3. The number of thiophene rings is 1. The molecule has 2 atom stereocenters. The van der Waals surface area contributed by atoms with Gasteiger partial charge in [-0.3, -0.25) is 0 Å². The molecule has 2 aromatic rings. The molecule has 3 N–H and O–H groups in total. The van der Waals surface area contributed by atoms with Crippen molar-refractivity contribution in [1.29, 1.82) is 0 Å². The first-order valence-electron chi connectivity index (χ1n) is 6.34. The molecule has 1 aromatic heterocycles. The summed E-state index contributed by atoms with van der Waals surface area (Å²) in [5.74, 6) is 0.544. The molecule has 3 nitrogen and oxygen atoms in total. The molecular formula is C15H18ClNO2S. The maximum atomic E-state index is 10.6. The number of nitrogens with two attached hydrogens (primary N) is 1. The average Bonchev–Trinajstić information content (AvgIpc) is 2.80. The summed E-state index contributed by atoms with van der Waals surface area (Å²) in [6, 6.07) is 7.60. The Bertz CT molecular complexity index is 585. The fourth-order valence-corrected chi connectivity index (χ4v) is 3.51. The molecule has 5 heteroatoms. The van der Waals surface area contributed by atoms with Crippen molar-refractivity contribution in [3.8, 4) is 5.75 Å². The number of benzene rings is 1. The molecule has 108 valence electrons. The summed E-state index contributed by atoms with van der Waals surface area (Å²) in [5, 5.41) is 13.2. The van der Waals surface area contributed by atoms with Gasteiger partial charge in [-0.1, -0.05) is 23.7 Å². The third kappa shape index (κ3) is 2.99. The first kappa shape index (κ1) is 15.3. The highest BCUT2D eigenvalue weighted by Crippen LogP contribution is 2.39. The van der Waals surface area contributed by atoms with E-state index in [9.17, 15) is 5.11 Å². The number of aliphatic hydroxyl groups is 1. The van der Waals surface area contributed by atoms with E-state index in [0.717, 1.165) is 21.8 Å². The number of hydrogen-bond acceptors (Lipinski definition) is 4. The van der Waals surface area contributed by atoms with Crippen LogP contribution >= 0.6 is 22.9 Å².